The van der Waals surface area contributed by atoms with Gasteiger partial charge in [-0.05, 0) is 55.5 Å². The highest BCUT2D eigenvalue weighted by atomic mass is 16.5. The normalized spacial score (nSPS) is 18.4. The zero-order valence-electron chi connectivity index (χ0n) is 16.9. The van der Waals surface area contributed by atoms with Crippen molar-refractivity contribution >= 4 is 5.91 Å². The van der Waals surface area contributed by atoms with Gasteiger partial charge in [-0.2, -0.15) is 0 Å². The van der Waals surface area contributed by atoms with Crippen molar-refractivity contribution in [2.45, 2.75) is 50.8 Å². The summed E-state index contributed by atoms with van der Waals surface area (Å²) in [6.07, 6.45) is 6.17. The second-order valence-corrected chi connectivity index (χ2v) is 7.60. The number of hydrogen-bond acceptors (Lipinski definition) is 5. The van der Waals surface area contributed by atoms with Crippen molar-refractivity contribution in [3.05, 3.63) is 53.9 Å². The molecule has 2 aromatic rings. The molecule has 1 saturated heterocycles. The van der Waals surface area contributed by atoms with Crippen LogP contribution in [0.4, 0.5) is 0 Å². The molecule has 6 heteroatoms. The van der Waals surface area contributed by atoms with Crippen molar-refractivity contribution in [2.75, 3.05) is 20.3 Å². The number of nitrogens with zero attached hydrogens (tertiary/aromatic N) is 2. The van der Waals surface area contributed by atoms with Crippen LogP contribution >= 0.6 is 0 Å². The number of ether oxygens (including phenoxy) is 3. The molecular formula is C23H28N2O4. The van der Waals surface area contributed by atoms with Gasteiger partial charge in [-0.15, -0.1) is 0 Å². The number of aromatic nitrogens is 1. The Morgan fingerprint density at radius 2 is 2.10 bits per heavy atom. The summed E-state index contributed by atoms with van der Waals surface area (Å²) in [5.74, 6) is 1.51. The van der Waals surface area contributed by atoms with E-state index in [4.69, 9.17) is 14.2 Å². The third kappa shape index (κ3) is 5.07. The van der Waals surface area contributed by atoms with E-state index in [0.29, 0.717) is 37.3 Å². The number of amides is 1. The standard InChI is InChI=1S/C23H28N2O4/c1-27-20-10-7-17(15-22(20)29-14-11-18-5-2-3-12-24-18)16-25(19-8-9-19)23(26)21-6-4-13-28-21/h2-3,5,7,10,12,15,19,21H,4,6,8-9,11,13-14,16H2,1H3/t21-/m0/s1. The van der Waals surface area contributed by atoms with E-state index < -0.39 is 0 Å². The number of rotatable bonds is 9. The quantitative estimate of drug-likeness (QED) is 0.650. The molecule has 1 atom stereocenters. The van der Waals surface area contributed by atoms with Gasteiger partial charge in [0.15, 0.2) is 11.5 Å². The van der Waals surface area contributed by atoms with Gasteiger partial charge in [0.05, 0.1) is 13.7 Å². The number of methoxy groups -OCH3 is 1. The average Bonchev–Trinajstić information content (AvgIpc) is 3.45. The number of carbonyl (C=O) groups is 1. The lowest BCUT2D eigenvalue weighted by Gasteiger charge is -2.25. The van der Waals surface area contributed by atoms with E-state index in [1.54, 1.807) is 13.3 Å². The second-order valence-electron chi connectivity index (χ2n) is 7.60. The fourth-order valence-electron chi connectivity index (χ4n) is 3.67. The van der Waals surface area contributed by atoms with Gasteiger partial charge in [-0.1, -0.05) is 12.1 Å². The summed E-state index contributed by atoms with van der Waals surface area (Å²) in [5, 5.41) is 0. The summed E-state index contributed by atoms with van der Waals surface area (Å²) < 4.78 is 17.1. The maximum Gasteiger partial charge on any atom is 0.252 e. The molecule has 0 bridgehead atoms. The summed E-state index contributed by atoms with van der Waals surface area (Å²) in [5.41, 5.74) is 2.03. The fraction of sp³-hybridized carbons (Fsp3) is 0.478. The van der Waals surface area contributed by atoms with Crippen LogP contribution in [0.15, 0.2) is 42.6 Å². The third-order valence-electron chi connectivity index (χ3n) is 5.40. The molecule has 1 aliphatic carbocycles. The molecule has 0 unspecified atom stereocenters. The summed E-state index contributed by atoms with van der Waals surface area (Å²) in [6, 6.07) is 12.1. The average molecular weight is 396 g/mol. The second kappa shape index (κ2) is 9.27. The van der Waals surface area contributed by atoms with Gasteiger partial charge < -0.3 is 19.1 Å². The van der Waals surface area contributed by atoms with E-state index in [9.17, 15) is 4.79 Å². The molecular weight excluding hydrogens is 368 g/mol. The molecule has 1 aliphatic heterocycles. The molecule has 6 nitrogen and oxygen atoms in total. The van der Waals surface area contributed by atoms with Crippen LogP contribution in [0.1, 0.15) is 36.9 Å². The van der Waals surface area contributed by atoms with Crippen molar-refractivity contribution in [2.24, 2.45) is 0 Å². The van der Waals surface area contributed by atoms with E-state index in [1.165, 1.54) is 0 Å². The van der Waals surface area contributed by atoms with Crippen molar-refractivity contribution in [3.8, 4) is 11.5 Å². The molecule has 154 valence electrons. The molecule has 2 aliphatic rings. The topological polar surface area (TPSA) is 60.9 Å². The maximum absolute atomic E-state index is 12.9. The Bertz CT molecular complexity index is 817. The SMILES string of the molecule is COc1ccc(CN(C(=O)[C@@H]2CCCO2)C2CC2)cc1OCCc1ccccn1. The lowest BCUT2D eigenvalue weighted by Crippen LogP contribution is -2.39. The van der Waals surface area contributed by atoms with Crippen molar-refractivity contribution in [1.82, 2.24) is 9.88 Å². The van der Waals surface area contributed by atoms with Crippen molar-refractivity contribution in [1.29, 1.82) is 0 Å². The molecule has 2 fully saturated rings. The first-order valence-corrected chi connectivity index (χ1v) is 10.4. The molecule has 1 aromatic heterocycles. The molecule has 0 N–H and O–H groups in total. The molecule has 4 rings (SSSR count). The monoisotopic (exact) mass is 396 g/mol. The van der Waals surface area contributed by atoms with Crippen LogP contribution in [0.5, 0.6) is 11.5 Å². The van der Waals surface area contributed by atoms with Crippen molar-refractivity contribution < 1.29 is 19.0 Å². The third-order valence-corrected chi connectivity index (χ3v) is 5.40. The summed E-state index contributed by atoms with van der Waals surface area (Å²) in [7, 11) is 1.64. The summed E-state index contributed by atoms with van der Waals surface area (Å²) in [6.45, 7) is 1.77. The number of carbonyl (C=O) groups excluding carboxylic acids is 1. The van der Waals surface area contributed by atoms with E-state index in [1.807, 2.05) is 41.3 Å². The zero-order chi connectivity index (χ0) is 20.1. The van der Waals surface area contributed by atoms with Gasteiger partial charge in [0, 0.05) is 37.5 Å². The van der Waals surface area contributed by atoms with Crippen LogP contribution in [-0.4, -0.2) is 48.3 Å². The fourth-order valence-corrected chi connectivity index (χ4v) is 3.67. The minimum absolute atomic E-state index is 0.124. The maximum atomic E-state index is 12.9. The van der Waals surface area contributed by atoms with Gasteiger partial charge in [0.1, 0.15) is 6.10 Å². The molecule has 1 saturated carbocycles. The number of hydrogen-bond donors (Lipinski definition) is 0. The molecule has 1 aromatic carbocycles. The molecule has 1 amide bonds. The Morgan fingerprint density at radius 1 is 1.21 bits per heavy atom. The molecule has 29 heavy (non-hydrogen) atoms. The van der Waals surface area contributed by atoms with Crippen LogP contribution in [0.3, 0.4) is 0 Å². The Morgan fingerprint density at radius 3 is 2.79 bits per heavy atom. The smallest absolute Gasteiger partial charge is 0.252 e. The minimum Gasteiger partial charge on any atom is -0.493 e. The van der Waals surface area contributed by atoms with Crippen LogP contribution < -0.4 is 9.47 Å². The molecule has 0 radical (unpaired) electrons. The predicted octanol–water partition coefficient (Wildman–Crippen LogP) is 3.38. The first-order chi connectivity index (χ1) is 14.2. The Balaban J connectivity index is 1.42. The van der Waals surface area contributed by atoms with E-state index in [-0.39, 0.29) is 12.0 Å². The van der Waals surface area contributed by atoms with Crippen LogP contribution in [0.25, 0.3) is 0 Å². The highest BCUT2D eigenvalue weighted by Crippen LogP contribution is 2.33. The summed E-state index contributed by atoms with van der Waals surface area (Å²) >= 11 is 0. The first-order valence-electron chi connectivity index (χ1n) is 10.4. The van der Waals surface area contributed by atoms with E-state index in [2.05, 4.69) is 4.98 Å². The lowest BCUT2D eigenvalue weighted by atomic mass is 10.1. The van der Waals surface area contributed by atoms with E-state index in [0.717, 1.165) is 43.4 Å². The predicted molar refractivity (Wildman–Crippen MR) is 109 cm³/mol. The van der Waals surface area contributed by atoms with Gasteiger partial charge in [0.2, 0.25) is 0 Å². The van der Waals surface area contributed by atoms with Gasteiger partial charge >= 0.3 is 0 Å². The molecule has 0 spiro atoms. The van der Waals surface area contributed by atoms with Crippen LogP contribution in [-0.2, 0) is 22.5 Å². The number of benzene rings is 1. The molecule has 2 heterocycles. The Hall–Kier alpha value is -2.60. The van der Waals surface area contributed by atoms with Crippen molar-refractivity contribution in [3.63, 3.8) is 0 Å². The minimum atomic E-state index is -0.275. The lowest BCUT2D eigenvalue weighted by molar-refractivity contribution is -0.142. The Labute approximate surface area is 171 Å². The zero-order valence-corrected chi connectivity index (χ0v) is 16.9. The Kier molecular flexibility index (Phi) is 6.30. The van der Waals surface area contributed by atoms with Gasteiger partial charge in [-0.25, -0.2) is 0 Å². The highest BCUT2D eigenvalue weighted by molar-refractivity contribution is 5.81. The van der Waals surface area contributed by atoms with E-state index >= 15 is 0 Å². The van der Waals surface area contributed by atoms with Gasteiger partial charge in [-0.3, -0.25) is 9.78 Å². The van der Waals surface area contributed by atoms with Gasteiger partial charge in [0.25, 0.3) is 5.91 Å². The number of pyridine rings is 1. The summed E-state index contributed by atoms with van der Waals surface area (Å²) in [4.78, 5) is 19.2. The highest BCUT2D eigenvalue weighted by Gasteiger charge is 2.37. The van der Waals surface area contributed by atoms with Crippen LogP contribution in [0, 0.1) is 0 Å². The first kappa shape index (κ1) is 19.7. The largest absolute Gasteiger partial charge is 0.493 e. The van der Waals surface area contributed by atoms with Crippen LogP contribution in [0.2, 0.25) is 0 Å².